The highest BCUT2D eigenvalue weighted by Crippen LogP contribution is 2.18. The number of aliphatic hydroxyl groups is 1. The maximum absolute atomic E-state index is 12.0. The lowest BCUT2D eigenvalue weighted by molar-refractivity contribution is -0.133. The summed E-state index contributed by atoms with van der Waals surface area (Å²) >= 11 is 0. The average Bonchev–Trinajstić information content (AvgIpc) is 2.96. The molecule has 4 heteroatoms. The normalized spacial score (nSPS) is 26.6. The molecule has 0 spiro atoms. The quantitative estimate of drug-likeness (QED) is 0.757. The Balaban J connectivity index is 1.74. The Bertz CT molecular complexity index is 239. The van der Waals surface area contributed by atoms with Gasteiger partial charge in [-0.2, -0.15) is 0 Å². The van der Waals surface area contributed by atoms with Gasteiger partial charge in [-0.1, -0.05) is 0 Å². The van der Waals surface area contributed by atoms with Crippen LogP contribution in [0.5, 0.6) is 0 Å². The van der Waals surface area contributed by atoms with Gasteiger partial charge in [-0.15, -0.1) is 0 Å². The van der Waals surface area contributed by atoms with Crippen LogP contribution in [0.2, 0.25) is 0 Å². The molecule has 1 amide bonds. The highest BCUT2D eigenvalue weighted by Gasteiger charge is 2.27. The molecule has 0 aromatic heterocycles. The summed E-state index contributed by atoms with van der Waals surface area (Å²) in [5.41, 5.74) is 0. The summed E-state index contributed by atoms with van der Waals surface area (Å²) in [7, 11) is 0. The van der Waals surface area contributed by atoms with Crippen molar-refractivity contribution in [3.05, 3.63) is 0 Å². The Hall–Kier alpha value is -0.610. The van der Waals surface area contributed by atoms with E-state index >= 15 is 0 Å². The van der Waals surface area contributed by atoms with Crippen molar-refractivity contribution < 1.29 is 9.90 Å². The van der Waals surface area contributed by atoms with Gasteiger partial charge in [0.2, 0.25) is 5.91 Å². The molecule has 0 radical (unpaired) electrons. The molecule has 0 saturated carbocycles. The van der Waals surface area contributed by atoms with Gasteiger partial charge >= 0.3 is 0 Å². The molecule has 92 valence electrons. The molecule has 16 heavy (non-hydrogen) atoms. The summed E-state index contributed by atoms with van der Waals surface area (Å²) in [6.45, 7) is 4.15. The van der Waals surface area contributed by atoms with Gasteiger partial charge in [0.1, 0.15) is 0 Å². The van der Waals surface area contributed by atoms with E-state index in [9.17, 15) is 4.79 Å². The van der Waals surface area contributed by atoms with Crippen LogP contribution >= 0.6 is 0 Å². The Kier molecular flexibility index (Phi) is 4.18. The lowest BCUT2D eigenvalue weighted by atomic mass is 10.2. The topological polar surface area (TPSA) is 43.8 Å². The molecule has 4 nitrogen and oxygen atoms in total. The number of rotatable bonds is 4. The monoisotopic (exact) mass is 226 g/mol. The van der Waals surface area contributed by atoms with Crippen LogP contribution in [0.25, 0.3) is 0 Å². The van der Waals surface area contributed by atoms with Crippen molar-refractivity contribution in [2.75, 3.05) is 32.8 Å². The number of nitrogens with zero attached hydrogens (tertiary/aromatic N) is 2. The second-order valence-electron chi connectivity index (χ2n) is 4.86. The minimum Gasteiger partial charge on any atom is -0.394 e. The standard InChI is InChI=1S/C12H22N2O2/c15-10-11-4-3-8-14(11)12(16)5-9-13-6-1-2-7-13/h11,15H,1-10H2/t11-/m1/s1. The average molecular weight is 226 g/mol. The zero-order valence-electron chi connectivity index (χ0n) is 9.90. The number of carbonyl (C=O) groups excluding carboxylic acids is 1. The largest absolute Gasteiger partial charge is 0.394 e. The molecule has 0 bridgehead atoms. The molecule has 1 atom stereocenters. The zero-order valence-corrected chi connectivity index (χ0v) is 9.90. The molecule has 0 aromatic carbocycles. The van der Waals surface area contributed by atoms with Gasteiger partial charge in [0, 0.05) is 19.5 Å². The van der Waals surface area contributed by atoms with E-state index in [2.05, 4.69) is 4.90 Å². The van der Waals surface area contributed by atoms with Crippen molar-refractivity contribution >= 4 is 5.91 Å². The van der Waals surface area contributed by atoms with E-state index in [4.69, 9.17) is 5.11 Å². The second kappa shape index (κ2) is 5.64. The predicted molar refractivity (Wildman–Crippen MR) is 62.1 cm³/mol. The molecule has 0 aromatic rings. The molecule has 0 aliphatic carbocycles. The fourth-order valence-electron chi connectivity index (χ4n) is 2.76. The SMILES string of the molecule is O=C(CCN1CCCC1)N1CCC[C@@H]1CO. The zero-order chi connectivity index (χ0) is 11.4. The summed E-state index contributed by atoms with van der Waals surface area (Å²) in [6, 6.07) is 0.0890. The summed E-state index contributed by atoms with van der Waals surface area (Å²) < 4.78 is 0. The van der Waals surface area contributed by atoms with Gasteiger partial charge < -0.3 is 14.9 Å². The number of likely N-dealkylation sites (tertiary alicyclic amines) is 2. The molecule has 2 saturated heterocycles. The van der Waals surface area contributed by atoms with Crippen molar-refractivity contribution in [2.45, 2.75) is 38.1 Å². The molecule has 2 fully saturated rings. The third-order valence-corrected chi connectivity index (χ3v) is 3.75. The first-order chi connectivity index (χ1) is 7.81. The van der Waals surface area contributed by atoms with E-state index in [0.717, 1.165) is 39.0 Å². The summed E-state index contributed by atoms with van der Waals surface area (Å²) in [4.78, 5) is 16.2. The first kappa shape index (κ1) is 11.9. The third-order valence-electron chi connectivity index (χ3n) is 3.75. The number of hydrogen-bond acceptors (Lipinski definition) is 3. The van der Waals surface area contributed by atoms with E-state index in [0.29, 0.717) is 6.42 Å². The van der Waals surface area contributed by atoms with Crippen LogP contribution < -0.4 is 0 Å². The maximum atomic E-state index is 12.0. The van der Waals surface area contributed by atoms with Crippen molar-refractivity contribution in [3.8, 4) is 0 Å². The number of amides is 1. The lowest BCUT2D eigenvalue weighted by Gasteiger charge is -2.24. The Morgan fingerprint density at radius 3 is 2.62 bits per heavy atom. The minimum absolute atomic E-state index is 0.0890. The van der Waals surface area contributed by atoms with Crippen molar-refractivity contribution in [3.63, 3.8) is 0 Å². The van der Waals surface area contributed by atoms with Crippen molar-refractivity contribution in [2.24, 2.45) is 0 Å². The van der Waals surface area contributed by atoms with Gasteiger partial charge in [-0.05, 0) is 38.8 Å². The van der Waals surface area contributed by atoms with Crippen LogP contribution in [0.3, 0.4) is 0 Å². The number of hydrogen-bond donors (Lipinski definition) is 1. The fourth-order valence-corrected chi connectivity index (χ4v) is 2.76. The minimum atomic E-state index is 0.0890. The van der Waals surface area contributed by atoms with Crippen LogP contribution in [0, 0.1) is 0 Å². The van der Waals surface area contributed by atoms with Gasteiger partial charge in [0.05, 0.1) is 12.6 Å². The molecule has 2 rings (SSSR count). The Morgan fingerprint density at radius 1 is 1.19 bits per heavy atom. The first-order valence-corrected chi connectivity index (χ1v) is 6.44. The van der Waals surface area contributed by atoms with E-state index in [1.54, 1.807) is 0 Å². The first-order valence-electron chi connectivity index (χ1n) is 6.44. The Morgan fingerprint density at radius 2 is 1.94 bits per heavy atom. The van der Waals surface area contributed by atoms with E-state index in [-0.39, 0.29) is 18.6 Å². The smallest absolute Gasteiger partial charge is 0.224 e. The summed E-state index contributed by atoms with van der Waals surface area (Å²) in [6.07, 6.45) is 5.18. The van der Waals surface area contributed by atoms with Gasteiger partial charge in [0.15, 0.2) is 0 Å². The van der Waals surface area contributed by atoms with Crippen LogP contribution in [0.15, 0.2) is 0 Å². The summed E-state index contributed by atoms with van der Waals surface area (Å²) in [5.74, 6) is 0.225. The molecule has 1 N–H and O–H groups in total. The van der Waals surface area contributed by atoms with Gasteiger partial charge in [0.25, 0.3) is 0 Å². The highest BCUT2D eigenvalue weighted by atomic mass is 16.3. The predicted octanol–water partition coefficient (Wildman–Crippen LogP) is 0.456. The van der Waals surface area contributed by atoms with E-state index in [1.807, 2.05) is 4.90 Å². The van der Waals surface area contributed by atoms with Crippen LogP contribution in [0.4, 0.5) is 0 Å². The lowest BCUT2D eigenvalue weighted by Crippen LogP contribution is -2.39. The summed E-state index contributed by atoms with van der Waals surface area (Å²) in [5, 5.41) is 9.16. The molecular weight excluding hydrogens is 204 g/mol. The van der Waals surface area contributed by atoms with Crippen molar-refractivity contribution in [1.29, 1.82) is 0 Å². The van der Waals surface area contributed by atoms with E-state index in [1.165, 1.54) is 12.8 Å². The van der Waals surface area contributed by atoms with Crippen LogP contribution in [0.1, 0.15) is 32.1 Å². The third kappa shape index (κ3) is 2.74. The van der Waals surface area contributed by atoms with Gasteiger partial charge in [-0.3, -0.25) is 4.79 Å². The molecular formula is C12H22N2O2. The maximum Gasteiger partial charge on any atom is 0.224 e. The number of aliphatic hydroxyl groups excluding tert-OH is 1. The van der Waals surface area contributed by atoms with Gasteiger partial charge in [-0.25, -0.2) is 0 Å². The van der Waals surface area contributed by atoms with Crippen LogP contribution in [-0.4, -0.2) is 59.6 Å². The second-order valence-corrected chi connectivity index (χ2v) is 4.86. The molecule has 0 unspecified atom stereocenters. The Labute approximate surface area is 97.2 Å². The van der Waals surface area contributed by atoms with Crippen molar-refractivity contribution in [1.82, 2.24) is 9.80 Å². The molecule has 2 heterocycles. The molecule has 2 aliphatic heterocycles. The number of carbonyl (C=O) groups is 1. The molecule has 2 aliphatic rings. The van der Waals surface area contributed by atoms with Crippen LogP contribution in [-0.2, 0) is 4.79 Å². The highest BCUT2D eigenvalue weighted by molar-refractivity contribution is 5.77. The fraction of sp³-hybridized carbons (Fsp3) is 0.917. The van der Waals surface area contributed by atoms with E-state index < -0.39 is 0 Å².